The molecule has 0 saturated heterocycles. The number of amides is 1. The second-order valence-corrected chi connectivity index (χ2v) is 5.68. The van der Waals surface area contributed by atoms with E-state index in [1.54, 1.807) is 11.8 Å². The zero-order valence-electron chi connectivity index (χ0n) is 13.2. The third kappa shape index (κ3) is 5.09. The van der Waals surface area contributed by atoms with E-state index in [9.17, 15) is 14.9 Å². The monoisotopic (exact) mass is 354 g/mol. The van der Waals surface area contributed by atoms with Crippen LogP contribution in [0.3, 0.4) is 0 Å². The number of nitrogens with zero attached hydrogens (tertiary/aromatic N) is 2. The number of nitro benzene ring substituents is 1. The van der Waals surface area contributed by atoms with E-state index < -0.39 is 10.8 Å². The van der Waals surface area contributed by atoms with Gasteiger partial charge in [-0.2, -0.15) is 5.26 Å². The van der Waals surface area contributed by atoms with Crippen molar-refractivity contribution in [3.63, 3.8) is 0 Å². The van der Waals surface area contributed by atoms with E-state index in [1.165, 1.54) is 30.5 Å². The van der Waals surface area contributed by atoms with Crippen molar-refractivity contribution in [1.82, 2.24) is 0 Å². The minimum absolute atomic E-state index is 0.0793. The molecular formula is C17H14N4O3S. The van der Waals surface area contributed by atoms with Crippen LogP contribution in [-0.4, -0.2) is 17.1 Å². The van der Waals surface area contributed by atoms with Crippen molar-refractivity contribution in [2.45, 2.75) is 4.90 Å². The van der Waals surface area contributed by atoms with Crippen LogP contribution in [0.1, 0.15) is 0 Å². The second-order valence-electron chi connectivity index (χ2n) is 4.80. The molecule has 7 nitrogen and oxygen atoms in total. The van der Waals surface area contributed by atoms with Crippen molar-refractivity contribution in [2.24, 2.45) is 0 Å². The topological polar surface area (TPSA) is 108 Å². The van der Waals surface area contributed by atoms with E-state index in [1.807, 2.05) is 36.6 Å². The minimum atomic E-state index is -0.607. The third-order valence-electron chi connectivity index (χ3n) is 3.15. The summed E-state index contributed by atoms with van der Waals surface area (Å²) in [4.78, 5) is 23.3. The average molecular weight is 354 g/mol. The van der Waals surface area contributed by atoms with Gasteiger partial charge in [0.2, 0.25) is 0 Å². The smallest absolute Gasteiger partial charge is 0.269 e. The van der Waals surface area contributed by atoms with Crippen molar-refractivity contribution in [3.8, 4) is 6.07 Å². The van der Waals surface area contributed by atoms with E-state index in [-0.39, 0.29) is 11.3 Å². The van der Waals surface area contributed by atoms with Gasteiger partial charge in [-0.15, -0.1) is 11.8 Å². The fourth-order valence-electron chi connectivity index (χ4n) is 1.88. The molecule has 2 N–H and O–H groups in total. The van der Waals surface area contributed by atoms with Crippen molar-refractivity contribution in [2.75, 3.05) is 16.9 Å². The number of carbonyl (C=O) groups excluding carboxylic acids is 1. The van der Waals surface area contributed by atoms with E-state index in [2.05, 4.69) is 10.6 Å². The molecule has 0 aliphatic rings. The molecule has 0 spiro atoms. The molecule has 2 aromatic carbocycles. The van der Waals surface area contributed by atoms with Crippen molar-refractivity contribution in [3.05, 3.63) is 70.4 Å². The van der Waals surface area contributed by atoms with E-state index in [4.69, 9.17) is 5.26 Å². The number of hydrogen-bond acceptors (Lipinski definition) is 6. The largest absolute Gasteiger partial charge is 0.360 e. The third-order valence-corrected chi connectivity index (χ3v) is 3.88. The molecule has 0 aliphatic heterocycles. The summed E-state index contributed by atoms with van der Waals surface area (Å²) in [6.45, 7) is 0. The van der Waals surface area contributed by atoms with Gasteiger partial charge in [0.05, 0.1) is 4.92 Å². The molecule has 2 aromatic rings. The Balaban J connectivity index is 2.07. The molecule has 0 fully saturated rings. The summed E-state index contributed by atoms with van der Waals surface area (Å²) in [5, 5.41) is 25.2. The number of nitro groups is 1. The standard InChI is InChI=1S/C17H14N4O3S/c1-25-16-4-2-3-14(9-16)19-11-12(10-18)17(22)20-13-5-7-15(8-6-13)21(23)24/h2-9,11,19H,1H3,(H,20,22)/b12-11-. The Morgan fingerprint density at radius 3 is 2.56 bits per heavy atom. The maximum atomic E-state index is 12.1. The first kappa shape index (κ1) is 18.0. The molecule has 8 heteroatoms. The van der Waals surface area contributed by atoms with Crippen molar-refractivity contribution in [1.29, 1.82) is 5.26 Å². The summed E-state index contributed by atoms with van der Waals surface area (Å²) in [6.07, 6.45) is 3.27. The van der Waals surface area contributed by atoms with Gasteiger partial charge in [0, 0.05) is 34.6 Å². The molecule has 25 heavy (non-hydrogen) atoms. The number of thioether (sulfide) groups is 1. The summed E-state index contributed by atoms with van der Waals surface area (Å²) in [6, 6.07) is 14.7. The van der Waals surface area contributed by atoms with Crippen LogP contribution >= 0.6 is 11.8 Å². The highest BCUT2D eigenvalue weighted by Crippen LogP contribution is 2.19. The number of nitriles is 1. The number of carbonyl (C=O) groups is 1. The van der Waals surface area contributed by atoms with Gasteiger partial charge in [-0.05, 0) is 36.6 Å². The molecule has 0 aliphatic carbocycles. The molecule has 1 amide bonds. The first-order valence-electron chi connectivity index (χ1n) is 7.10. The molecule has 0 bridgehead atoms. The van der Waals surface area contributed by atoms with Crippen LogP contribution in [0, 0.1) is 21.4 Å². The number of benzene rings is 2. The van der Waals surface area contributed by atoms with Crippen LogP contribution in [0.4, 0.5) is 17.1 Å². The predicted molar refractivity (Wildman–Crippen MR) is 97.3 cm³/mol. The summed E-state index contributed by atoms with van der Waals surface area (Å²) in [5.74, 6) is -0.607. The summed E-state index contributed by atoms with van der Waals surface area (Å²) in [5.41, 5.74) is 0.918. The highest BCUT2D eigenvalue weighted by molar-refractivity contribution is 7.98. The Kier molecular flexibility index (Phi) is 6.14. The van der Waals surface area contributed by atoms with Crippen LogP contribution in [0.25, 0.3) is 0 Å². The normalized spacial score (nSPS) is 10.6. The zero-order chi connectivity index (χ0) is 18.2. The Labute approximate surface area is 148 Å². The van der Waals surface area contributed by atoms with Gasteiger partial charge >= 0.3 is 0 Å². The minimum Gasteiger partial charge on any atom is -0.360 e. The lowest BCUT2D eigenvalue weighted by Crippen LogP contribution is -2.14. The Hall–Kier alpha value is -3.31. The van der Waals surface area contributed by atoms with Gasteiger partial charge in [0.25, 0.3) is 11.6 Å². The first-order valence-corrected chi connectivity index (χ1v) is 8.32. The second kappa shape index (κ2) is 8.52. The van der Waals surface area contributed by atoms with Crippen molar-refractivity contribution >= 4 is 34.7 Å². The molecule has 0 saturated carbocycles. The van der Waals surface area contributed by atoms with Gasteiger partial charge in [-0.25, -0.2) is 0 Å². The van der Waals surface area contributed by atoms with Gasteiger partial charge in [-0.1, -0.05) is 6.07 Å². The number of rotatable bonds is 6. The summed E-state index contributed by atoms with van der Waals surface area (Å²) < 4.78 is 0. The Bertz CT molecular complexity index is 857. The van der Waals surface area contributed by atoms with Gasteiger partial charge in [0.1, 0.15) is 11.6 Å². The number of anilines is 2. The zero-order valence-corrected chi connectivity index (χ0v) is 14.0. The molecule has 2 rings (SSSR count). The molecule has 0 radical (unpaired) electrons. The van der Waals surface area contributed by atoms with Crippen LogP contribution in [0.5, 0.6) is 0 Å². The Morgan fingerprint density at radius 1 is 1.24 bits per heavy atom. The first-order chi connectivity index (χ1) is 12.0. The van der Waals surface area contributed by atoms with Crippen LogP contribution < -0.4 is 10.6 Å². The molecule has 0 aromatic heterocycles. The predicted octanol–water partition coefficient (Wildman–Crippen LogP) is 3.77. The quantitative estimate of drug-likeness (QED) is 0.269. The van der Waals surface area contributed by atoms with Crippen molar-refractivity contribution < 1.29 is 9.72 Å². The number of hydrogen-bond donors (Lipinski definition) is 2. The van der Waals surface area contributed by atoms with Gasteiger partial charge in [-0.3, -0.25) is 14.9 Å². The molecule has 0 unspecified atom stereocenters. The van der Waals surface area contributed by atoms with Gasteiger partial charge < -0.3 is 10.6 Å². The SMILES string of the molecule is CSc1cccc(N/C=C(/C#N)C(=O)Nc2ccc([N+](=O)[O-])cc2)c1. The lowest BCUT2D eigenvalue weighted by atomic mass is 10.2. The number of nitrogens with one attached hydrogen (secondary N) is 2. The molecule has 126 valence electrons. The van der Waals surface area contributed by atoms with Crippen LogP contribution in [0.2, 0.25) is 0 Å². The maximum absolute atomic E-state index is 12.1. The van der Waals surface area contributed by atoms with E-state index in [0.29, 0.717) is 5.69 Å². The van der Waals surface area contributed by atoms with Gasteiger partial charge in [0.15, 0.2) is 0 Å². The highest BCUT2D eigenvalue weighted by Gasteiger charge is 2.10. The van der Waals surface area contributed by atoms with E-state index in [0.717, 1.165) is 10.6 Å². The fraction of sp³-hybridized carbons (Fsp3) is 0.0588. The molecule has 0 atom stereocenters. The molecule has 0 heterocycles. The van der Waals surface area contributed by atoms with Crippen LogP contribution in [-0.2, 0) is 4.79 Å². The lowest BCUT2D eigenvalue weighted by molar-refractivity contribution is -0.384. The highest BCUT2D eigenvalue weighted by atomic mass is 32.2. The fourth-order valence-corrected chi connectivity index (χ4v) is 2.34. The lowest BCUT2D eigenvalue weighted by Gasteiger charge is -2.06. The Morgan fingerprint density at radius 2 is 1.96 bits per heavy atom. The molecular weight excluding hydrogens is 340 g/mol. The maximum Gasteiger partial charge on any atom is 0.269 e. The summed E-state index contributed by atoms with van der Waals surface area (Å²) in [7, 11) is 0. The van der Waals surface area contributed by atoms with E-state index >= 15 is 0 Å². The summed E-state index contributed by atoms with van der Waals surface area (Å²) >= 11 is 1.58. The number of non-ortho nitro benzene ring substituents is 1. The average Bonchev–Trinajstić information content (AvgIpc) is 2.63. The van der Waals surface area contributed by atoms with Crippen LogP contribution in [0.15, 0.2) is 65.2 Å².